The Hall–Kier alpha value is -4.64. The predicted molar refractivity (Wildman–Crippen MR) is 189 cm³/mol. The second kappa shape index (κ2) is 17.1. The van der Waals surface area contributed by atoms with E-state index < -0.39 is 47.9 Å². The maximum Gasteiger partial charge on any atom is 0.308 e. The number of H-pyrrole nitrogens is 1. The molecule has 0 bridgehead atoms. The third-order valence-corrected chi connectivity index (χ3v) is 9.43. The quantitative estimate of drug-likeness (QED) is 0.138. The first-order valence-corrected chi connectivity index (χ1v) is 17.2. The van der Waals surface area contributed by atoms with Gasteiger partial charge < -0.3 is 36.1 Å². The van der Waals surface area contributed by atoms with E-state index in [2.05, 4.69) is 15.6 Å². The van der Waals surface area contributed by atoms with Gasteiger partial charge in [0, 0.05) is 42.4 Å². The average Bonchev–Trinajstić information content (AvgIpc) is 3.48. The van der Waals surface area contributed by atoms with Crippen LogP contribution in [0, 0.1) is 11.8 Å². The van der Waals surface area contributed by atoms with Crippen LogP contribution in [0.15, 0.2) is 66.4 Å². The maximum absolute atomic E-state index is 14.4. The summed E-state index contributed by atoms with van der Waals surface area (Å²) < 4.78 is 5.83. The molecule has 1 aliphatic rings. The zero-order chi connectivity index (χ0) is 35.7. The Morgan fingerprint density at radius 3 is 2.37 bits per heavy atom. The number of nitrogens with two attached hydrogens (primary N) is 1. The van der Waals surface area contributed by atoms with Crippen LogP contribution in [0.25, 0.3) is 10.9 Å². The molecule has 1 aliphatic heterocycles. The van der Waals surface area contributed by atoms with E-state index in [1.54, 1.807) is 19.2 Å². The number of aromatic nitrogens is 1. The fourth-order valence-electron chi connectivity index (χ4n) is 6.36. The van der Waals surface area contributed by atoms with Crippen LogP contribution >= 0.6 is 0 Å². The number of allylic oxidation sites excluding steroid dienone is 1. The van der Waals surface area contributed by atoms with E-state index in [4.69, 9.17) is 10.5 Å². The number of nitrogens with zero attached hydrogens (tertiary/aromatic N) is 1. The molecule has 11 nitrogen and oxygen atoms in total. The number of carbonyl (C=O) groups excluding carboxylic acids is 4. The smallest absolute Gasteiger partial charge is 0.308 e. The molecule has 3 amide bonds. The number of aromatic hydroxyl groups is 1. The zero-order valence-corrected chi connectivity index (χ0v) is 29.2. The van der Waals surface area contributed by atoms with Gasteiger partial charge in [-0.05, 0) is 75.4 Å². The van der Waals surface area contributed by atoms with Crippen LogP contribution in [0.5, 0.6) is 5.75 Å². The summed E-state index contributed by atoms with van der Waals surface area (Å²) in [4.78, 5) is 60.2. The van der Waals surface area contributed by atoms with Crippen LogP contribution in [0.2, 0.25) is 0 Å². The fraction of sp³-hybridized carbons (Fsp3) is 0.474. The van der Waals surface area contributed by atoms with Crippen LogP contribution in [-0.2, 0) is 30.3 Å². The Labute approximate surface area is 288 Å². The summed E-state index contributed by atoms with van der Waals surface area (Å²) in [6.07, 6.45) is 5.50. The number of hydrogen-bond acceptors (Lipinski definition) is 7. The number of benzene rings is 2. The lowest BCUT2D eigenvalue weighted by atomic mass is 9.95. The van der Waals surface area contributed by atoms with Crippen LogP contribution in [-0.4, -0.2) is 70.5 Å². The third-order valence-electron chi connectivity index (χ3n) is 9.43. The second-order valence-corrected chi connectivity index (χ2v) is 13.4. The van der Waals surface area contributed by atoms with Gasteiger partial charge in [0.2, 0.25) is 17.7 Å². The highest BCUT2D eigenvalue weighted by Crippen LogP contribution is 2.26. The van der Waals surface area contributed by atoms with Gasteiger partial charge in [0.1, 0.15) is 23.9 Å². The molecular formula is C38H51N5O6. The molecule has 0 spiro atoms. The lowest BCUT2D eigenvalue weighted by Crippen LogP contribution is -2.56. The van der Waals surface area contributed by atoms with Gasteiger partial charge in [0.15, 0.2) is 0 Å². The SMILES string of the molecule is C/C1=C\[C@@H](C)[C@@H](C)OC(=O)C[C@H](c2ccc(O)cc2)NC(=O)[C@@H](Cc2c[nH]c3ccccc23)N(C)C(=O)[C@H](CCCCN)NC(=O)[C@@H](C)C1. The van der Waals surface area contributed by atoms with Crippen LogP contribution in [0.1, 0.15) is 77.0 Å². The van der Waals surface area contributed by atoms with Gasteiger partial charge in [-0.1, -0.05) is 55.8 Å². The van der Waals surface area contributed by atoms with Crippen molar-refractivity contribution in [1.82, 2.24) is 20.5 Å². The van der Waals surface area contributed by atoms with Crippen molar-refractivity contribution in [2.45, 2.75) is 90.4 Å². The van der Waals surface area contributed by atoms with E-state index in [1.165, 1.54) is 17.0 Å². The number of fused-ring (bicyclic) bond motifs is 1. The normalized spacial score (nSPS) is 26.2. The fourth-order valence-corrected chi connectivity index (χ4v) is 6.36. The number of amides is 3. The van der Waals surface area contributed by atoms with E-state index in [-0.39, 0.29) is 30.4 Å². The topological polar surface area (TPSA) is 167 Å². The molecule has 2 aromatic carbocycles. The number of ether oxygens (including phenoxy) is 1. The first-order chi connectivity index (χ1) is 23.4. The molecule has 3 aromatic rings. The Kier molecular flexibility index (Phi) is 13.0. The maximum atomic E-state index is 14.4. The van der Waals surface area contributed by atoms with Gasteiger partial charge in [-0.15, -0.1) is 0 Å². The standard InChI is InChI=1S/C38H51N5O6/c1-23-18-24(2)26(4)49-35(45)21-33(27-13-15-29(44)16-14-27)42-37(47)34(20-28-22-40-31-11-7-6-10-30(28)31)43(5)38(48)32(12-8-9-17-39)41-36(46)25(3)19-23/h6-7,10-11,13-16,18,22,24-26,32-34,40,44H,8-9,12,17,19-21,39H2,1-5H3,(H,41,46)(H,42,47)/b23-18+/t24-,25+,26-,32+,33-,34-/m1/s1. The minimum absolute atomic E-state index is 0.0435. The predicted octanol–water partition coefficient (Wildman–Crippen LogP) is 4.66. The van der Waals surface area contributed by atoms with Gasteiger partial charge in [0.05, 0.1) is 12.5 Å². The number of carbonyl (C=O) groups is 4. The molecule has 0 fully saturated rings. The van der Waals surface area contributed by atoms with E-state index in [0.29, 0.717) is 37.8 Å². The summed E-state index contributed by atoms with van der Waals surface area (Å²) >= 11 is 0. The number of esters is 1. The number of cyclic esters (lactones) is 1. The number of nitrogens with one attached hydrogen (secondary N) is 3. The molecule has 0 aliphatic carbocycles. The number of phenolic OH excluding ortho intramolecular Hbond substituents is 1. The van der Waals surface area contributed by atoms with E-state index in [0.717, 1.165) is 22.0 Å². The van der Waals surface area contributed by atoms with Crippen LogP contribution in [0.3, 0.4) is 0 Å². The molecule has 1 aromatic heterocycles. The number of hydrogen-bond donors (Lipinski definition) is 5. The highest BCUT2D eigenvalue weighted by molar-refractivity contribution is 5.93. The Bertz CT molecular complexity index is 1630. The molecule has 2 heterocycles. The first kappa shape index (κ1) is 37.2. The molecule has 49 heavy (non-hydrogen) atoms. The number of rotatable bonds is 7. The summed E-state index contributed by atoms with van der Waals surface area (Å²) in [5, 5.41) is 16.9. The Balaban J connectivity index is 1.77. The lowest BCUT2D eigenvalue weighted by molar-refractivity contribution is -0.150. The summed E-state index contributed by atoms with van der Waals surface area (Å²) in [6, 6.07) is 11.3. The highest BCUT2D eigenvalue weighted by Gasteiger charge is 2.35. The summed E-state index contributed by atoms with van der Waals surface area (Å²) in [5.41, 5.74) is 9.05. The van der Waals surface area contributed by atoms with Crippen LogP contribution in [0.4, 0.5) is 0 Å². The van der Waals surface area contributed by atoms with E-state index in [9.17, 15) is 24.3 Å². The van der Waals surface area contributed by atoms with E-state index in [1.807, 2.05) is 64.2 Å². The highest BCUT2D eigenvalue weighted by atomic mass is 16.5. The Morgan fingerprint density at radius 1 is 0.939 bits per heavy atom. The van der Waals surface area contributed by atoms with Crippen molar-refractivity contribution in [3.8, 4) is 5.75 Å². The molecule has 0 saturated carbocycles. The van der Waals surface area contributed by atoms with Crippen molar-refractivity contribution in [3.05, 3.63) is 77.5 Å². The molecule has 11 heteroatoms. The number of para-hydroxylation sites is 1. The zero-order valence-electron chi connectivity index (χ0n) is 29.2. The molecule has 264 valence electrons. The first-order valence-electron chi connectivity index (χ1n) is 17.2. The van der Waals surface area contributed by atoms with Crippen LogP contribution < -0.4 is 16.4 Å². The minimum atomic E-state index is -1.00. The van der Waals surface area contributed by atoms with Crippen molar-refractivity contribution >= 4 is 34.6 Å². The number of unbranched alkanes of at least 4 members (excludes halogenated alkanes) is 1. The molecule has 6 N–H and O–H groups in total. The summed E-state index contributed by atoms with van der Waals surface area (Å²) in [7, 11) is 1.57. The molecule has 0 saturated heterocycles. The largest absolute Gasteiger partial charge is 0.508 e. The number of likely N-dealkylation sites (N-methyl/N-ethyl adjacent to an activating group) is 1. The number of phenols is 1. The minimum Gasteiger partial charge on any atom is -0.508 e. The molecule has 0 radical (unpaired) electrons. The van der Waals surface area contributed by atoms with Crippen molar-refractivity contribution in [3.63, 3.8) is 0 Å². The summed E-state index contributed by atoms with van der Waals surface area (Å²) in [5.74, 6) is -2.16. The van der Waals surface area contributed by atoms with Gasteiger partial charge in [-0.3, -0.25) is 19.2 Å². The van der Waals surface area contributed by atoms with Gasteiger partial charge in [0.25, 0.3) is 0 Å². The lowest BCUT2D eigenvalue weighted by Gasteiger charge is -2.33. The van der Waals surface area contributed by atoms with E-state index >= 15 is 0 Å². The van der Waals surface area contributed by atoms with Crippen molar-refractivity contribution in [1.29, 1.82) is 0 Å². The second-order valence-electron chi connectivity index (χ2n) is 13.4. The van der Waals surface area contributed by atoms with Gasteiger partial charge in [-0.2, -0.15) is 0 Å². The average molecular weight is 674 g/mol. The summed E-state index contributed by atoms with van der Waals surface area (Å²) in [6.45, 7) is 7.98. The van der Waals surface area contributed by atoms with Crippen molar-refractivity contribution in [2.24, 2.45) is 17.6 Å². The molecule has 6 atom stereocenters. The van der Waals surface area contributed by atoms with Gasteiger partial charge in [-0.25, -0.2) is 0 Å². The van der Waals surface area contributed by atoms with Crippen molar-refractivity contribution < 1.29 is 29.0 Å². The monoisotopic (exact) mass is 673 g/mol. The molecule has 4 rings (SSSR count). The van der Waals surface area contributed by atoms with Crippen molar-refractivity contribution in [2.75, 3.05) is 13.6 Å². The number of aromatic amines is 1. The van der Waals surface area contributed by atoms with Gasteiger partial charge >= 0.3 is 5.97 Å². The molecular weight excluding hydrogens is 622 g/mol. The molecule has 0 unspecified atom stereocenters. The third kappa shape index (κ3) is 9.95. The Morgan fingerprint density at radius 2 is 1.65 bits per heavy atom.